The van der Waals surface area contributed by atoms with Gasteiger partial charge in [-0.3, -0.25) is 9.59 Å². The number of halogens is 2. The highest BCUT2D eigenvalue weighted by Gasteiger charge is 2.34. The summed E-state index contributed by atoms with van der Waals surface area (Å²) in [4.78, 5) is 24.9. The monoisotopic (exact) mass is 371 g/mol. The van der Waals surface area contributed by atoms with E-state index < -0.39 is 6.69 Å². The number of carbonyl (C=O) groups is 2. The summed E-state index contributed by atoms with van der Waals surface area (Å²) in [6.45, 7) is 1.22. The van der Waals surface area contributed by atoms with Gasteiger partial charge in [-0.25, -0.2) is 0 Å². The van der Waals surface area contributed by atoms with Crippen LogP contribution in [0.15, 0.2) is 0 Å². The average Bonchev–Trinajstić information content (AvgIpc) is 2.77. The Morgan fingerprint density at radius 2 is 2.10 bits per heavy atom. The van der Waals surface area contributed by atoms with Crippen LogP contribution in [0.25, 0.3) is 0 Å². The summed E-state index contributed by atoms with van der Waals surface area (Å²) in [5.41, 5.74) is 0. The number of nitrogens with zero attached hydrogens (tertiary/aromatic N) is 1. The molecule has 0 N–H and O–H groups in total. The van der Waals surface area contributed by atoms with E-state index in [1.54, 1.807) is 4.90 Å². The molecule has 0 aliphatic carbocycles. The molecular weight excluding hydrogens is 349 g/mol. The molecule has 0 aromatic rings. The normalized spacial score (nSPS) is 19.1. The Balaban J connectivity index is 2.08. The molecule has 0 aromatic heterocycles. The summed E-state index contributed by atoms with van der Waals surface area (Å²) in [7, 11) is 1.36. The van der Waals surface area contributed by atoms with Crippen molar-refractivity contribution in [3.63, 3.8) is 0 Å². The van der Waals surface area contributed by atoms with Gasteiger partial charge in [0, 0.05) is 19.5 Å². The fourth-order valence-electron chi connectivity index (χ4n) is 2.26. The van der Waals surface area contributed by atoms with Gasteiger partial charge in [0.1, 0.15) is 0 Å². The third-order valence-corrected chi connectivity index (χ3v) is 6.89. The highest BCUT2D eigenvalue weighted by Crippen LogP contribution is 2.23. The van der Waals surface area contributed by atoms with Gasteiger partial charge in [0.05, 0.1) is 13.0 Å². The number of thioether (sulfide) groups is 1. The van der Waals surface area contributed by atoms with Crippen molar-refractivity contribution in [2.75, 3.05) is 31.7 Å². The molecule has 1 atom stereocenters. The Kier molecular flexibility index (Phi) is 8.45. The fourth-order valence-corrected chi connectivity index (χ4v) is 5.00. The van der Waals surface area contributed by atoms with Gasteiger partial charge in [0.2, 0.25) is 12.6 Å². The van der Waals surface area contributed by atoms with Crippen molar-refractivity contribution in [3.8, 4) is 0 Å². The first-order chi connectivity index (χ1) is 9.83. The maximum absolute atomic E-state index is 11.8. The van der Waals surface area contributed by atoms with E-state index in [9.17, 15) is 9.59 Å². The van der Waals surface area contributed by atoms with Crippen LogP contribution in [0.1, 0.15) is 19.3 Å². The highest BCUT2D eigenvalue weighted by molar-refractivity contribution is 7.99. The van der Waals surface area contributed by atoms with E-state index in [1.807, 2.05) is 18.3 Å². The molecule has 1 aliphatic heterocycles. The van der Waals surface area contributed by atoms with Gasteiger partial charge in [-0.15, -0.1) is 22.2 Å². The number of rotatable bonds is 9. The Bertz CT molecular complexity index is 366. The predicted molar refractivity (Wildman–Crippen MR) is 91.4 cm³/mol. The summed E-state index contributed by atoms with van der Waals surface area (Å²) in [5, 5.41) is 0. The number of methoxy groups -OCH3 is 1. The van der Waals surface area contributed by atoms with Crippen LogP contribution in [0.3, 0.4) is 0 Å². The zero-order valence-corrected chi connectivity index (χ0v) is 15.9. The van der Waals surface area contributed by atoms with Crippen molar-refractivity contribution in [1.29, 1.82) is 0 Å². The van der Waals surface area contributed by atoms with Gasteiger partial charge in [-0.05, 0) is 36.9 Å². The quantitative estimate of drug-likeness (QED) is 0.270. The molecule has 0 spiro atoms. The van der Waals surface area contributed by atoms with Gasteiger partial charge in [-0.2, -0.15) is 11.8 Å². The molecule has 8 heteroatoms. The molecule has 122 valence electrons. The van der Waals surface area contributed by atoms with Crippen LogP contribution in [0.5, 0.6) is 0 Å². The van der Waals surface area contributed by atoms with Crippen LogP contribution < -0.4 is 0 Å². The van der Waals surface area contributed by atoms with Crippen molar-refractivity contribution in [2.45, 2.75) is 31.9 Å². The molecule has 1 rings (SSSR count). The van der Waals surface area contributed by atoms with Crippen LogP contribution in [0.2, 0.25) is 12.6 Å². The van der Waals surface area contributed by atoms with E-state index in [0.29, 0.717) is 6.54 Å². The lowest BCUT2D eigenvalue weighted by molar-refractivity contribution is -0.145. The molecule has 4 nitrogen and oxygen atoms in total. The van der Waals surface area contributed by atoms with Crippen molar-refractivity contribution in [3.05, 3.63) is 0 Å². The molecule has 1 unspecified atom stereocenters. The molecule has 1 fully saturated rings. The maximum Gasteiger partial charge on any atom is 0.310 e. The molecule has 0 aromatic carbocycles. The number of esters is 1. The molecule has 0 radical (unpaired) electrons. The van der Waals surface area contributed by atoms with Crippen LogP contribution in [0, 0.1) is 5.92 Å². The van der Waals surface area contributed by atoms with Gasteiger partial charge in [-0.1, -0.05) is 0 Å². The van der Waals surface area contributed by atoms with Crippen molar-refractivity contribution in [1.82, 2.24) is 4.90 Å². The maximum atomic E-state index is 11.8. The smallest absolute Gasteiger partial charge is 0.310 e. The SMILES string of the molecule is COC(=O)C1CC(=O)N(CCCSCCC[Si](C)(Cl)Cl)C1. The number of ether oxygens (including phenoxy) is 1. The van der Waals surface area contributed by atoms with E-state index in [-0.39, 0.29) is 24.2 Å². The summed E-state index contributed by atoms with van der Waals surface area (Å²) >= 11 is 13.9. The summed E-state index contributed by atoms with van der Waals surface area (Å²) < 4.78 is 4.69. The largest absolute Gasteiger partial charge is 0.469 e. The van der Waals surface area contributed by atoms with Crippen LogP contribution >= 0.6 is 33.9 Å². The topological polar surface area (TPSA) is 46.6 Å². The van der Waals surface area contributed by atoms with E-state index in [4.69, 9.17) is 22.2 Å². The molecule has 21 heavy (non-hydrogen) atoms. The second-order valence-electron chi connectivity index (χ2n) is 5.40. The van der Waals surface area contributed by atoms with Crippen LogP contribution in [-0.4, -0.2) is 55.2 Å². The lowest BCUT2D eigenvalue weighted by atomic mass is 10.1. The molecule has 1 amide bonds. The molecular formula is C13H23Cl2NO3SSi. The van der Waals surface area contributed by atoms with E-state index in [0.717, 1.165) is 36.9 Å². The zero-order chi connectivity index (χ0) is 15.9. The molecule has 1 aliphatic rings. The number of carbonyl (C=O) groups excluding carboxylic acids is 2. The minimum atomic E-state index is -1.94. The van der Waals surface area contributed by atoms with E-state index in [2.05, 4.69) is 4.74 Å². The van der Waals surface area contributed by atoms with Crippen molar-refractivity contribution < 1.29 is 14.3 Å². The first-order valence-corrected chi connectivity index (χ1v) is 13.0. The van der Waals surface area contributed by atoms with Crippen molar-refractivity contribution in [2.24, 2.45) is 5.92 Å². The number of hydrogen-bond donors (Lipinski definition) is 0. The predicted octanol–water partition coefficient (Wildman–Crippen LogP) is 3.07. The molecule has 0 saturated carbocycles. The Labute approximate surface area is 141 Å². The van der Waals surface area contributed by atoms with Gasteiger partial charge in [0.15, 0.2) is 0 Å². The van der Waals surface area contributed by atoms with Gasteiger partial charge >= 0.3 is 5.97 Å². The Morgan fingerprint density at radius 3 is 2.71 bits per heavy atom. The third-order valence-electron chi connectivity index (χ3n) is 3.37. The minimum absolute atomic E-state index is 0.0569. The highest BCUT2D eigenvalue weighted by atomic mass is 35.7. The summed E-state index contributed by atoms with van der Waals surface area (Å²) in [5.74, 6) is 1.55. The molecule has 1 saturated heterocycles. The van der Waals surface area contributed by atoms with Crippen LogP contribution in [-0.2, 0) is 14.3 Å². The van der Waals surface area contributed by atoms with E-state index in [1.165, 1.54) is 7.11 Å². The van der Waals surface area contributed by atoms with Gasteiger partial charge < -0.3 is 9.64 Å². The summed E-state index contributed by atoms with van der Waals surface area (Å²) in [6, 6.07) is 0.925. The second-order valence-corrected chi connectivity index (χ2v) is 14.9. The fraction of sp³-hybridized carbons (Fsp3) is 0.846. The standard InChI is InChI=1S/C13H23Cl2NO3SSi/c1-19-13(18)11-9-12(17)16(10-11)5-3-6-20-7-4-8-21(2,14)15/h11H,3-10H2,1-2H3. The Hall–Kier alpha value is 0.0869. The molecule has 0 bridgehead atoms. The summed E-state index contributed by atoms with van der Waals surface area (Å²) in [6.07, 6.45) is 2.28. The minimum Gasteiger partial charge on any atom is -0.469 e. The first kappa shape index (κ1) is 19.1. The number of amides is 1. The van der Waals surface area contributed by atoms with E-state index >= 15 is 0 Å². The second kappa shape index (κ2) is 9.28. The Morgan fingerprint density at radius 1 is 1.43 bits per heavy atom. The average molecular weight is 372 g/mol. The number of likely N-dealkylation sites (tertiary alicyclic amines) is 1. The molecule has 1 heterocycles. The number of hydrogen-bond acceptors (Lipinski definition) is 4. The lowest BCUT2D eigenvalue weighted by Gasteiger charge is -2.16. The zero-order valence-electron chi connectivity index (χ0n) is 12.6. The van der Waals surface area contributed by atoms with Crippen molar-refractivity contribution >= 4 is 52.5 Å². The van der Waals surface area contributed by atoms with Crippen LogP contribution in [0.4, 0.5) is 0 Å². The third kappa shape index (κ3) is 7.77. The first-order valence-electron chi connectivity index (χ1n) is 7.14. The lowest BCUT2D eigenvalue weighted by Crippen LogP contribution is -2.28. The van der Waals surface area contributed by atoms with Gasteiger partial charge in [0.25, 0.3) is 0 Å².